The summed E-state index contributed by atoms with van der Waals surface area (Å²) in [7, 11) is 0. The molecule has 1 aliphatic heterocycles. The van der Waals surface area contributed by atoms with Crippen LogP contribution in [0.4, 0.5) is 0 Å². The molecular formula is C15H19NO3S. The van der Waals surface area contributed by atoms with E-state index in [-0.39, 0.29) is 11.3 Å². The van der Waals surface area contributed by atoms with E-state index in [2.05, 4.69) is 0 Å². The molecule has 0 radical (unpaired) electrons. The number of hydrogen-bond donors (Lipinski definition) is 1. The van der Waals surface area contributed by atoms with Gasteiger partial charge in [-0.25, -0.2) is 4.79 Å². The predicted molar refractivity (Wildman–Crippen MR) is 79.5 cm³/mol. The molecule has 20 heavy (non-hydrogen) atoms. The summed E-state index contributed by atoms with van der Waals surface area (Å²) in [5.74, 6) is -1.16. The molecule has 108 valence electrons. The van der Waals surface area contributed by atoms with Gasteiger partial charge in [0.15, 0.2) is 0 Å². The number of benzene rings is 1. The van der Waals surface area contributed by atoms with E-state index in [1.165, 1.54) is 23.6 Å². The van der Waals surface area contributed by atoms with Gasteiger partial charge in [-0.2, -0.15) is 0 Å². The molecule has 0 bridgehead atoms. The molecule has 4 nitrogen and oxygen atoms in total. The largest absolute Gasteiger partial charge is 0.480 e. The number of carbonyl (C=O) groups is 2. The summed E-state index contributed by atoms with van der Waals surface area (Å²) in [6, 6.07) is 7.08. The summed E-state index contributed by atoms with van der Waals surface area (Å²) < 4.78 is -0.521. The van der Waals surface area contributed by atoms with Crippen molar-refractivity contribution in [2.45, 2.75) is 43.9 Å². The Balaban J connectivity index is 2.45. The highest BCUT2D eigenvalue weighted by Crippen LogP contribution is 2.52. The zero-order valence-electron chi connectivity index (χ0n) is 12.1. The second kappa shape index (κ2) is 5.13. The lowest BCUT2D eigenvalue weighted by Gasteiger charge is -2.28. The third-order valence-corrected chi connectivity index (χ3v) is 5.12. The first-order valence-corrected chi connectivity index (χ1v) is 7.38. The third-order valence-electron chi connectivity index (χ3n) is 3.56. The average Bonchev–Trinajstić information content (AvgIpc) is 2.62. The Morgan fingerprint density at radius 2 is 1.80 bits per heavy atom. The maximum Gasteiger partial charge on any atom is 0.327 e. The fourth-order valence-electron chi connectivity index (χ4n) is 2.60. The fourth-order valence-corrected chi connectivity index (χ4v) is 4.20. The molecule has 0 aromatic heterocycles. The van der Waals surface area contributed by atoms with Gasteiger partial charge in [0.1, 0.15) is 11.4 Å². The Morgan fingerprint density at radius 3 is 2.25 bits per heavy atom. The van der Waals surface area contributed by atoms with Crippen molar-refractivity contribution >= 4 is 23.6 Å². The van der Waals surface area contributed by atoms with E-state index in [0.29, 0.717) is 0 Å². The summed E-state index contributed by atoms with van der Waals surface area (Å²) in [5, 5.41) is 9.22. The number of carboxylic acid groups (broad SMARTS) is 1. The van der Waals surface area contributed by atoms with Crippen LogP contribution in [0.1, 0.15) is 37.3 Å². The minimum absolute atomic E-state index is 0.207. The number of rotatable bonds is 2. The van der Waals surface area contributed by atoms with Crippen LogP contribution in [0, 0.1) is 6.92 Å². The van der Waals surface area contributed by atoms with E-state index in [9.17, 15) is 14.7 Å². The molecule has 2 atom stereocenters. The molecule has 5 heteroatoms. The quantitative estimate of drug-likeness (QED) is 0.911. The highest BCUT2D eigenvalue weighted by Gasteiger charge is 2.52. The van der Waals surface area contributed by atoms with Gasteiger partial charge in [-0.05, 0) is 26.3 Å². The van der Waals surface area contributed by atoms with Crippen molar-refractivity contribution in [2.24, 2.45) is 0 Å². The van der Waals surface area contributed by atoms with Crippen molar-refractivity contribution in [2.75, 3.05) is 0 Å². The Kier molecular flexibility index (Phi) is 3.82. The Labute approximate surface area is 123 Å². The van der Waals surface area contributed by atoms with Crippen molar-refractivity contribution in [3.8, 4) is 0 Å². The van der Waals surface area contributed by atoms with Gasteiger partial charge in [-0.1, -0.05) is 29.8 Å². The van der Waals surface area contributed by atoms with Crippen molar-refractivity contribution in [1.82, 2.24) is 4.90 Å². The molecular weight excluding hydrogens is 274 g/mol. The number of nitrogens with zero attached hydrogens (tertiary/aromatic N) is 1. The van der Waals surface area contributed by atoms with E-state index in [1.54, 1.807) is 0 Å². The second-order valence-electron chi connectivity index (χ2n) is 5.65. The normalized spacial score (nSPS) is 24.7. The van der Waals surface area contributed by atoms with E-state index in [1.807, 2.05) is 45.0 Å². The van der Waals surface area contributed by atoms with E-state index in [0.717, 1.165) is 11.1 Å². The summed E-state index contributed by atoms with van der Waals surface area (Å²) in [5.41, 5.74) is 2.10. The zero-order chi connectivity index (χ0) is 15.1. The highest BCUT2D eigenvalue weighted by molar-refractivity contribution is 8.01. The van der Waals surface area contributed by atoms with Crippen LogP contribution in [0.2, 0.25) is 0 Å². The highest BCUT2D eigenvalue weighted by atomic mass is 32.2. The van der Waals surface area contributed by atoms with Gasteiger partial charge in [-0.3, -0.25) is 4.79 Å². The van der Waals surface area contributed by atoms with Crippen LogP contribution in [0.15, 0.2) is 24.3 Å². The van der Waals surface area contributed by atoms with Crippen LogP contribution < -0.4 is 0 Å². The van der Waals surface area contributed by atoms with E-state index in [4.69, 9.17) is 0 Å². The van der Waals surface area contributed by atoms with Crippen LogP contribution in [0.3, 0.4) is 0 Å². The molecule has 0 aliphatic carbocycles. The van der Waals surface area contributed by atoms with Gasteiger partial charge in [0.05, 0.1) is 0 Å². The number of aryl methyl sites for hydroxylation is 1. The van der Waals surface area contributed by atoms with Crippen LogP contribution in [-0.2, 0) is 9.59 Å². The van der Waals surface area contributed by atoms with Crippen molar-refractivity contribution in [1.29, 1.82) is 0 Å². The van der Waals surface area contributed by atoms with Gasteiger partial charge in [-0.15, -0.1) is 11.8 Å². The number of aliphatic carboxylic acids is 1. The second-order valence-corrected chi connectivity index (χ2v) is 7.39. The molecule has 1 aromatic carbocycles. The average molecular weight is 293 g/mol. The summed E-state index contributed by atoms with van der Waals surface area (Å²) in [6.45, 7) is 7.18. The van der Waals surface area contributed by atoms with Gasteiger partial charge in [0.2, 0.25) is 5.91 Å². The molecule has 1 fully saturated rings. The Hall–Kier alpha value is -1.49. The number of hydrogen-bond acceptors (Lipinski definition) is 3. The predicted octanol–water partition coefficient (Wildman–Crippen LogP) is 2.82. The summed E-state index contributed by atoms with van der Waals surface area (Å²) >= 11 is 1.52. The van der Waals surface area contributed by atoms with Crippen molar-refractivity contribution < 1.29 is 14.7 Å². The first-order chi connectivity index (χ1) is 9.24. The maximum absolute atomic E-state index is 11.9. The first kappa shape index (κ1) is 14.9. The van der Waals surface area contributed by atoms with E-state index >= 15 is 0 Å². The molecule has 0 spiro atoms. The van der Waals surface area contributed by atoms with Crippen molar-refractivity contribution in [3.05, 3.63) is 35.4 Å². The molecule has 1 heterocycles. The number of amides is 1. The molecule has 0 unspecified atom stereocenters. The minimum Gasteiger partial charge on any atom is -0.480 e. The van der Waals surface area contributed by atoms with Crippen LogP contribution in [0.5, 0.6) is 0 Å². The summed E-state index contributed by atoms with van der Waals surface area (Å²) in [6.07, 6.45) is 0. The van der Waals surface area contributed by atoms with Gasteiger partial charge >= 0.3 is 5.97 Å². The molecule has 1 aliphatic rings. The topological polar surface area (TPSA) is 57.6 Å². The Morgan fingerprint density at radius 1 is 1.25 bits per heavy atom. The minimum atomic E-state index is -0.952. The van der Waals surface area contributed by atoms with Crippen LogP contribution >= 0.6 is 11.8 Å². The van der Waals surface area contributed by atoms with Crippen molar-refractivity contribution in [3.63, 3.8) is 0 Å². The molecule has 1 aromatic rings. The SMILES string of the molecule is CC(=O)N1[C@@H](C(=O)O)C(C)(C)S[C@H]1c1ccc(C)cc1. The third kappa shape index (κ3) is 2.54. The number of carboxylic acids is 1. The molecule has 1 saturated heterocycles. The van der Waals surface area contributed by atoms with Crippen LogP contribution in [-0.4, -0.2) is 32.7 Å². The lowest BCUT2D eigenvalue weighted by atomic mass is 10.0. The molecule has 0 saturated carbocycles. The monoisotopic (exact) mass is 293 g/mol. The first-order valence-electron chi connectivity index (χ1n) is 6.50. The zero-order valence-corrected chi connectivity index (χ0v) is 12.9. The molecule has 1 N–H and O–H groups in total. The van der Waals surface area contributed by atoms with E-state index < -0.39 is 16.8 Å². The van der Waals surface area contributed by atoms with Crippen LogP contribution in [0.25, 0.3) is 0 Å². The summed E-state index contributed by atoms with van der Waals surface area (Å²) in [4.78, 5) is 25.0. The number of thioether (sulfide) groups is 1. The molecule has 2 rings (SSSR count). The van der Waals surface area contributed by atoms with Gasteiger partial charge in [0, 0.05) is 11.7 Å². The number of carbonyl (C=O) groups excluding carboxylic acids is 1. The maximum atomic E-state index is 11.9. The molecule has 1 amide bonds. The van der Waals surface area contributed by atoms with Gasteiger partial charge < -0.3 is 10.0 Å². The smallest absolute Gasteiger partial charge is 0.327 e. The lowest BCUT2D eigenvalue weighted by Crippen LogP contribution is -2.48. The fraction of sp³-hybridized carbons (Fsp3) is 0.467. The Bertz CT molecular complexity index is 539. The van der Waals surface area contributed by atoms with Gasteiger partial charge in [0.25, 0.3) is 0 Å². The standard InChI is InChI=1S/C15H19NO3S/c1-9-5-7-11(8-6-9)13-16(10(2)17)12(14(18)19)15(3,4)20-13/h5-8,12-13H,1-4H3,(H,18,19)/t12-,13-/m0/s1. The lowest BCUT2D eigenvalue weighted by molar-refractivity contribution is -0.150.